The Morgan fingerprint density at radius 2 is 2.00 bits per heavy atom. The molecule has 3 unspecified atom stereocenters. The van der Waals surface area contributed by atoms with Crippen LogP contribution < -0.4 is 5.73 Å². The molecule has 1 rings (SSSR count). The van der Waals surface area contributed by atoms with E-state index in [1.807, 2.05) is 0 Å². The molecule has 0 radical (unpaired) electrons. The van der Waals surface area contributed by atoms with Crippen molar-refractivity contribution in [3.63, 3.8) is 0 Å². The Balaban J connectivity index is 2.50. The van der Waals surface area contributed by atoms with Crippen molar-refractivity contribution in [1.29, 1.82) is 0 Å². The van der Waals surface area contributed by atoms with E-state index in [1.165, 1.54) is 0 Å². The first-order valence-electron chi connectivity index (χ1n) is 6.27. The van der Waals surface area contributed by atoms with Crippen molar-refractivity contribution in [3.05, 3.63) is 0 Å². The number of carboxylic acid groups (broad SMARTS) is 1. The van der Waals surface area contributed by atoms with Gasteiger partial charge in [-0.05, 0) is 38.1 Å². The predicted octanol–water partition coefficient (Wildman–Crippen LogP) is 1.37. The molecule has 16 heavy (non-hydrogen) atoms. The molecule has 1 aliphatic carbocycles. The summed E-state index contributed by atoms with van der Waals surface area (Å²) in [6.45, 7) is 0.611. The molecular weight excluding hydrogens is 206 g/mol. The molecule has 0 spiro atoms. The summed E-state index contributed by atoms with van der Waals surface area (Å²) in [5, 5.41) is 19.1. The highest BCUT2D eigenvalue weighted by Crippen LogP contribution is 2.33. The van der Waals surface area contributed by atoms with Crippen LogP contribution in [0.5, 0.6) is 0 Å². The second kappa shape index (κ2) is 6.86. The number of aliphatic carboxylic acids is 1. The quantitative estimate of drug-likeness (QED) is 0.601. The van der Waals surface area contributed by atoms with Gasteiger partial charge in [0, 0.05) is 0 Å². The number of hydrogen-bond donors (Lipinski definition) is 3. The summed E-state index contributed by atoms with van der Waals surface area (Å²) in [6.07, 6.45) is 5.60. The summed E-state index contributed by atoms with van der Waals surface area (Å²) >= 11 is 0. The molecule has 94 valence electrons. The Hall–Kier alpha value is -0.610. The van der Waals surface area contributed by atoms with Crippen molar-refractivity contribution in [3.8, 4) is 0 Å². The zero-order valence-electron chi connectivity index (χ0n) is 9.77. The number of aliphatic hydroxyl groups is 1. The second-order valence-corrected chi connectivity index (χ2v) is 4.74. The lowest BCUT2D eigenvalue weighted by Gasteiger charge is -2.32. The zero-order valence-corrected chi connectivity index (χ0v) is 9.77. The Morgan fingerprint density at radius 1 is 1.31 bits per heavy atom. The lowest BCUT2D eigenvalue weighted by Crippen LogP contribution is -2.35. The van der Waals surface area contributed by atoms with Crippen LogP contribution in [0.2, 0.25) is 0 Å². The van der Waals surface area contributed by atoms with E-state index in [9.17, 15) is 15.0 Å². The molecule has 0 aliphatic heterocycles. The van der Waals surface area contributed by atoms with E-state index >= 15 is 0 Å². The highest BCUT2D eigenvalue weighted by Gasteiger charge is 2.34. The van der Waals surface area contributed by atoms with Crippen LogP contribution in [0.1, 0.15) is 44.9 Å². The van der Waals surface area contributed by atoms with Crippen molar-refractivity contribution >= 4 is 5.97 Å². The summed E-state index contributed by atoms with van der Waals surface area (Å²) in [4.78, 5) is 11.2. The van der Waals surface area contributed by atoms with Crippen LogP contribution in [0.25, 0.3) is 0 Å². The van der Waals surface area contributed by atoms with Gasteiger partial charge in [-0.3, -0.25) is 4.79 Å². The molecular formula is C12H23NO3. The number of hydrogen-bond acceptors (Lipinski definition) is 3. The third kappa shape index (κ3) is 3.76. The van der Waals surface area contributed by atoms with E-state index in [0.717, 1.165) is 38.5 Å². The van der Waals surface area contributed by atoms with Gasteiger partial charge in [-0.15, -0.1) is 0 Å². The lowest BCUT2D eigenvalue weighted by atomic mass is 9.76. The molecule has 1 fully saturated rings. The Kier molecular flexibility index (Phi) is 5.77. The Labute approximate surface area is 96.8 Å². The minimum atomic E-state index is -0.761. The average Bonchev–Trinajstić information content (AvgIpc) is 2.25. The van der Waals surface area contributed by atoms with Gasteiger partial charge in [-0.25, -0.2) is 0 Å². The first kappa shape index (κ1) is 13.5. The number of aliphatic hydroxyl groups excluding tert-OH is 1. The van der Waals surface area contributed by atoms with Crippen molar-refractivity contribution in [2.75, 3.05) is 6.54 Å². The van der Waals surface area contributed by atoms with Gasteiger partial charge in [0.05, 0.1) is 12.0 Å². The zero-order chi connectivity index (χ0) is 12.0. The molecule has 0 aromatic rings. The summed E-state index contributed by atoms with van der Waals surface area (Å²) in [5.74, 6) is -1.20. The van der Waals surface area contributed by atoms with Crippen LogP contribution in [0.3, 0.4) is 0 Å². The fourth-order valence-corrected chi connectivity index (χ4v) is 2.64. The monoisotopic (exact) mass is 229 g/mol. The van der Waals surface area contributed by atoms with E-state index in [2.05, 4.69) is 0 Å². The normalized spacial score (nSPS) is 27.6. The first-order valence-corrected chi connectivity index (χ1v) is 6.27. The van der Waals surface area contributed by atoms with Crippen LogP contribution in [0, 0.1) is 11.8 Å². The van der Waals surface area contributed by atoms with Crippen molar-refractivity contribution in [1.82, 2.24) is 0 Å². The highest BCUT2D eigenvalue weighted by atomic mass is 16.4. The smallest absolute Gasteiger partial charge is 0.306 e. The third-order valence-corrected chi connectivity index (χ3v) is 3.58. The number of unbranched alkanes of at least 4 members (excludes halogenated alkanes) is 1. The average molecular weight is 229 g/mol. The van der Waals surface area contributed by atoms with Gasteiger partial charge in [0.1, 0.15) is 0 Å². The van der Waals surface area contributed by atoms with Crippen LogP contribution in [0.15, 0.2) is 0 Å². The van der Waals surface area contributed by atoms with E-state index in [-0.39, 0.29) is 11.8 Å². The molecule has 0 aromatic heterocycles. The summed E-state index contributed by atoms with van der Waals surface area (Å²) < 4.78 is 0. The summed E-state index contributed by atoms with van der Waals surface area (Å²) in [6, 6.07) is 0. The van der Waals surface area contributed by atoms with Gasteiger partial charge < -0.3 is 15.9 Å². The molecule has 1 aliphatic rings. The van der Waals surface area contributed by atoms with Crippen molar-refractivity contribution < 1.29 is 15.0 Å². The Bertz CT molecular complexity index is 220. The molecule has 4 heteroatoms. The van der Waals surface area contributed by atoms with E-state index in [1.54, 1.807) is 0 Å². The fourth-order valence-electron chi connectivity index (χ4n) is 2.64. The number of carbonyl (C=O) groups is 1. The third-order valence-electron chi connectivity index (χ3n) is 3.58. The van der Waals surface area contributed by atoms with Gasteiger partial charge in [-0.1, -0.05) is 19.3 Å². The highest BCUT2D eigenvalue weighted by molar-refractivity contribution is 5.70. The molecule has 0 bridgehead atoms. The van der Waals surface area contributed by atoms with Gasteiger partial charge >= 0.3 is 5.97 Å². The first-order chi connectivity index (χ1) is 7.66. The van der Waals surface area contributed by atoms with Gasteiger partial charge in [0.25, 0.3) is 0 Å². The molecule has 0 aromatic carbocycles. The fraction of sp³-hybridized carbons (Fsp3) is 0.917. The van der Waals surface area contributed by atoms with Crippen LogP contribution in [-0.2, 0) is 4.79 Å². The largest absolute Gasteiger partial charge is 0.481 e. The molecule has 0 heterocycles. The summed E-state index contributed by atoms with van der Waals surface area (Å²) in [5.41, 5.74) is 5.40. The maximum Gasteiger partial charge on any atom is 0.306 e. The topological polar surface area (TPSA) is 83.6 Å². The number of rotatable bonds is 6. The van der Waals surface area contributed by atoms with Gasteiger partial charge in [0.15, 0.2) is 0 Å². The standard InChI is InChI=1S/C12H23NO3/c13-8-4-3-6-10(12(15)16)9-5-1-2-7-11(9)14/h9-11,14H,1-8,13H2,(H,15,16). The van der Waals surface area contributed by atoms with Gasteiger partial charge in [-0.2, -0.15) is 0 Å². The molecule has 3 atom stereocenters. The summed E-state index contributed by atoms with van der Waals surface area (Å²) in [7, 11) is 0. The maximum atomic E-state index is 11.2. The minimum absolute atomic E-state index is 0.0518. The molecule has 0 saturated heterocycles. The van der Waals surface area contributed by atoms with E-state index in [0.29, 0.717) is 13.0 Å². The van der Waals surface area contributed by atoms with E-state index < -0.39 is 12.1 Å². The molecule has 0 amide bonds. The van der Waals surface area contributed by atoms with Gasteiger partial charge in [0.2, 0.25) is 0 Å². The van der Waals surface area contributed by atoms with Crippen LogP contribution in [-0.4, -0.2) is 28.8 Å². The minimum Gasteiger partial charge on any atom is -0.481 e. The maximum absolute atomic E-state index is 11.2. The number of carboxylic acids is 1. The molecule has 1 saturated carbocycles. The number of nitrogens with two attached hydrogens (primary N) is 1. The second-order valence-electron chi connectivity index (χ2n) is 4.74. The molecule has 4 nitrogen and oxygen atoms in total. The van der Waals surface area contributed by atoms with Crippen LogP contribution >= 0.6 is 0 Å². The SMILES string of the molecule is NCCCCC(C(=O)O)C1CCCCC1O. The van der Waals surface area contributed by atoms with Crippen LogP contribution in [0.4, 0.5) is 0 Å². The van der Waals surface area contributed by atoms with Crippen molar-refractivity contribution in [2.45, 2.75) is 51.0 Å². The Morgan fingerprint density at radius 3 is 2.56 bits per heavy atom. The predicted molar refractivity (Wildman–Crippen MR) is 62.0 cm³/mol. The molecule has 4 N–H and O–H groups in total. The van der Waals surface area contributed by atoms with Crippen molar-refractivity contribution in [2.24, 2.45) is 17.6 Å². The lowest BCUT2D eigenvalue weighted by molar-refractivity contribution is -0.146. The van der Waals surface area contributed by atoms with E-state index in [4.69, 9.17) is 5.73 Å².